The maximum atomic E-state index is 12.4. The number of hydrogen-bond donors (Lipinski definition) is 0. The Kier molecular flexibility index (Phi) is 9.59. The Morgan fingerprint density at radius 3 is 1.70 bits per heavy atom. The van der Waals surface area contributed by atoms with Crippen molar-refractivity contribution >= 4 is 11.9 Å². The van der Waals surface area contributed by atoms with Crippen LogP contribution in [0.1, 0.15) is 73.6 Å². The Morgan fingerprint density at radius 2 is 1.30 bits per heavy atom. The van der Waals surface area contributed by atoms with E-state index in [9.17, 15) is 9.59 Å². The van der Waals surface area contributed by atoms with Crippen molar-refractivity contribution in [2.24, 2.45) is 11.3 Å². The van der Waals surface area contributed by atoms with Crippen LogP contribution in [0.3, 0.4) is 0 Å². The van der Waals surface area contributed by atoms with Gasteiger partial charge in [-0.05, 0) is 36.6 Å². The third kappa shape index (κ3) is 7.66. The third-order valence-corrected chi connectivity index (χ3v) is 5.45. The van der Waals surface area contributed by atoms with Crippen molar-refractivity contribution in [1.82, 2.24) is 0 Å². The van der Waals surface area contributed by atoms with Gasteiger partial charge in [0.1, 0.15) is 13.2 Å². The zero-order chi connectivity index (χ0) is 21.8. The maximum Gasteiger partial charge on any atom is 0.338 e. The van der Waals surface area contributed by atoms with E-state index in [0.717, 1.165) is 25.7 Å². The summed E-state index contributed by atoms with van der Waals surface area (Å²) in [4.78, 5) is 24.9. The molecule has 0 aromatic heterocycles. The molecule has 30 heavy (non-hydrogen) atoms. The summed E-state index contributed by atoms with van der Waals surface area (Å²) in [6.07, 6.45) is 5.34. The monoisotopic (exact) mass is 410 g/mol. The zero-order valence-electron chi connectivity index (χ0n) is 18.4. The van der Waals surface area contributed by atoms with Crippen LogP contribution in [-0.2, 0) is 9.47 Å². The van der Waals surface area contributed by atoms with Crippen LogP contribution in [0.25, 0.3) is 0 Å². The van der Waals surface area contributed by atoms with Crippen LogP contribution in [0.15, 0.2) is 60.7 Å². The average molecular weight is 411 g/mol. The smallest absolute Gasteiger partial charge is 0.338 e. The Labute approximate surface area is 180 Å². The molecule has 0 N–H and O–H groups in total. The fraction of sp³-hybridized carbons (Fsp3) is 0.462. The molecule has 0 amide bonds. The largest absolute Gasteiger partial charge is 0.461 e. The predicted octanol–water partition coefficient (Wildman–Crippen LogP) is 6.31. The fourth-order valence-electron chi connectivity index (χ4n) is 3.59. The number of ether oxygens (including phenoxy) is 2. The lowest BCUT2D eigenvalue weighted by atomic mass is 9.79. The van der Waals surface area contributed by atoms with Crippen LogP contribution in [0, 0.1) is 11.3 Å². The molecular formula is C26H34O4. The highest BCUT2D eigenvalue weighted by Gasteiger charge is 2.31. The van der Waals surface area contributed by atoms with Gasteiger partial charge >= 0.3 is 11.9 Å². The highest BCUT2D eigenvalue weighted by Crippen LogP contribution is 2.32. The molecule has 0 fully saturated rings. The highest BCUT2D eigenvalue weighted by atomic mass is 16.5. The number of benzene rings is 2. The van der Waals surface area contributed by atoms with Gasteiger partial charge in [0.15, 0.2) is 0 Å². The SMILES string of the molecule is CCCCC(CC)CC(C)(COC(=O)c1ccccc1)COC(=O)c1ccccc1. The minimum absolute atomic E-state index is 0.214. The normalized spacial score (nSPS) is 12.2. The van der Waals surface area contributed by atoms with Gasteiger partial charge in [-0.25, -0.2) is 9.59 Å². The number of unbranched alkanes of at least 4 members (excludes halogenated alkanes) is 1. The minimum Gasteiger partial charge on any atom is -0.461 e. The maximum absolute atomic E-state index is 12.4. The number of hydrogen-bond acceptors (Lipinski definition) is 4. The topological polar surface area (TPSA) is 52.6 Å². The second kappa shape index (κ2) is 12.2. The first-order chi connectivity index (χ1) is 14.5. The van der Waals surface area contributed by atoms with Gasteiger partial charge in [-0.1, -0.05) is 82.9 Å². The van der Waals surface area contributed by atoms with Crippen molar-refractivity contribution in [2.75, 3.05) is 13.2 Å². The van der Waals surface area contributed by atoms with E-state index >= 15 is 0 Å². The van der Waals surface area contributed by atoms with Gasteiger partial charge in [-0.3, -0.25) is 0 Å². The molecule has 1 unspecified atom stereocenters. The summed E-state index contributed by atoms with van der Waals surface area (Å²) in [5.41, 5.74) is 0.613. The summed E-state index contributed by atoms with van der Waals surface area (Å²) in [5, 5.41) is 0. The molecule has 2 rings (SSSR count). The standard InChI is InChI=1S/C26H34O4/c1-4-6-13-21(5-2)18-26(3,19-29-24(27)22-14-9-7-10-15-22)20-30-25(28)23-16-11-8-12-17-23/h7-12,14-17,21H,4-6,13,18-20H2,1-3H3. The third-order valence-electron chi connectivity index (χ3n) is 5.45. The van der Waals surface area contributed by atoms with Gasteiger partial charge in [0.2, 0.25) is 0 Å². The van der Waals surface area contributed by atoms with Gasteiger partial charge in [-0.2, -0.15) is 0 Å². The lowest BCUT2D eigenvalue weighted by Crippen LogP contribution is -2.34. The van der Waals surface area contributed by atoms with Gasteiger partial charge in [-0.15, -0.1) is 0 Å². The average Bonchev–Trinajstić information content (AvgIpc) is 2.80. The van der Waals surface area contributed by atoms with Crippen molar-refractivity contribution in [1.29, 1.82) is 0 Å². The van der Waals surface area contributed by atoms with Gasteiger partial charge in [0.25, 0.3) is 0 Å². The molecule has 4 heteroatoms. The van der Waals surface area contributed by atoms with Crippen molar-refractivity contribution in [3.63, 3.8) is 0 Å². The molecule has 0 spiro atoms. The van der Waals surface area contributed by atoms with Crippen LogP contribution >= 0.6 is 0 Å². The van der Waals surface area contributed by atoms with Crippen molar-refractivity contribution in [2.45, 2.75) is 52.9 Å². The van der Waals surface area contributed by atoms with Crippen molar-refractivity contribution in [3.05, 3.63) is 71.8 Å². The zero-order valence-corrected chi connectivity index (χ0v) is 18.4. The molecule has 0 saturated heterocycles. The summed E-state index contributed by atoms with van der Waals surface area (Å²) in [6.45, 7) is 6.84. The first-order valence-corrected chi connectivity index (χ1v) is 10.9. The Morgan fingerprint density at radius 1 is 0.833 bits per heavy atom. The molecule has 0 saturated carbocycles. The lowest BCUT2D eigenvalue weighted by molar-refractivity contribution is -0.00841. The number of esters is 2. The summed E-state index contributed by atoms with van der Waals surface area (Å²) in [5.74, 6) is -0.198. The molecule has 0 aliphatic carbocycles. The Balaban J connectivity index is 2.05. The van der Waals surface area contributed by atoms with Gasteiger partial charge < -0.3 is 9.47 Å². The van der Waals surface area contributed by atoms with Crippen LogP contribution in [0.2, 0.25) is 0 Å². The van der Waals surface area contributed by atoms with Crippen LogP contribution in [0.4, 0.5) is 0 Å². The van der Waals surface area contributed by atoms with Crippen LogP contribution in [0.5, 0.6) is 0 Å². The molecule has 0 radical (unpaired) electrons. The molecule has 0 aliphatic heterocycles. The van der Waals surface area contributed by atoms with E-state index in [2.05, 4.69) is 13.8 Å². The minimum atomic E-state index is -0.441. The summed E-state index contributed by atoms with van der Waals surface area (Å²) >= 11 is 0. The second-order valence-corrected chi connectivity index (χ2v) is 8.32. The van der Waals surface area contributed by atoms with Crippen LogP contribution in [-0.4, -0.2) is 25.2 Å². The number of carbonyl (C=O) groups is 2. The molecule has 0 heterocycles. The van der Waals surface area contributed by atoms with Crippen molar-refractivity contribution in [3.8, 4) is 0 Å². The van der Waals surface area contributed by atoms with Gasteiger partial charge in [0, 0.05) is 5.41 Å². The van der Waals surface area contributed by atoms with Crippen molar-refractivity contribution < 1.29 is 19.1 Å². The summed E-state index contributed by atoms with van der Waals surface area (Å²) < 4.78 is 11.3. The fourth-order valence-corrected chi connectivity index (χ4v) is 3.59. The van der Waals surface area contributed by atoms with E-state index in [-0.39, 0.29) is 25.2 Å². The summed E-state index contributed by atoms with van der Waals surface area (Å²) in [6, 6.07) is 18.0. The van der Waals surface area contributed by atoms with Crippen LogP contribution < -0.4 is 0 Å². The molecular weight excluding hydrogens is 376 g/mol. The van der Waals surface area contributed by atoms with E-state index in [4.69, 9.17) is 9.47 Å². The highest BCUT2D eigenvalue weighted by molar-refractivity contribution is 5.89. The molecule has 1 atom stereocenters. The number of rotatable bonds is 12. The Bertz CT molecular complexity index is 715. The molecule has 0 aliphatic rings. The first kappa shape index (κ1) is 23.7. The molecule has 4 nitrogen and oxygen atoms in total. The van der Waals surface area contributed by atoms with E-state index in [1.165, 1.54) is 6.42 Å². The van der Waals surface area contributed by atoms with E-state index in [1.54, 1.807) is 24.3 Å². The molecule has 162 valence electrons. The lowest BCUT2D eigenvalue weighted by Gasteiger charge is -2.32. The number of carbonyl (C=O) groups excluding carboxylic acids is 2. The van der Waals surface area contributed by atoms with Gasteiger partial charge in [0.05, 0.1) is 11.1 Å². The predicted molar refractivity (Wildman–Crippen MR) is 119 cm³/mol. The molecule has 2 aromatic rings. The molecule has 0 bridgehead atoms. The first-order valence-electron chi connectivity index (χ1n) is 10.9. The van der Waals surface area contributed by atoms with E-state index in [0.29, 0.717) is 17.0 Å². The molecule has 2 aromatic carbocycles. The van der Waals surface area contributed by atoms with E-state index < -0.39 is 5.41 Å². The quantitative estimate of drug-likeness (QED) is 0.385. The second-order valence-electron chi connectivity index (χ2n) is 8.32. The Hall–Kier alpha value is -2.62. The summed E-state index contributed by atoms with van der Waals surface area (Å²) in [7, 11) is 0. The van der Waals surface area contributed by atoms with E-state index in [1.807, 2.05) is 43.3 Å².